The van der Waals surface area contributed by atoms with E-state index in [1.165, 1.54) is 13.1 Å². The Balaban J connectivity index is 2.01. The lowest BCUT2D eigenvalue weighted by Crippen LogP contribution is -2.38. The lowest BCUT2D eigenvalue weighted by Gasteiger charge is -2.18. The normalized spacial score (nSPS) is 11.4. The molecule has 0 aliphatic heterocycles. The topological polar surface area (TPSA) is 75.7 Å². The highest BCUT2D eigenvalue weighted by atomic mass is 32.2. The molecule has 0 aliphatic rings. The number of hydrogen-bond donors (Lipinski definition) is 1. The van der Waals surface area contributed by atoms with E-state index in [-0.39, 0.29) is 17.3 Å². The standard InChI is InChI=1S/C19H24N2O4S/c1-4-25-18-11-10-17(12-15(18)2)26(23,24)21(3)14-19(22)20-13-16-8-6-5-7-9-16/h5-12H,4,13-14H2,1-3H3,(H,20,22). The Morgan fingerprint density at radius 2 is 1.85 bits per heavy atom. The van der Waals surface area contributed by atoms with E-state index in [0.29, 0.717) is 18.9 Å². The highest BCUT2D eigenvalue weighted by molar-refractivity contribution is 7.89. The van der Waals surface area contributed by atoms with Crippen molar-refractivity contribution in [3.05, 3.63) is 59.7 Å². The van der Waals surface area contributed by atoms with Crippen molar-refractivity contribution in [2.45, 2.75) is 25.3 Å². The third-order valence-corrected chi connectivity index (χ3v) is 5.65. The number of amides is 1. The largest absolute Gasteiger partial charge is 0.494 e. The number of benzene rings is 2. The molecule has 0 fully saturated rings. The number of hydrogen-bond acceptors (Lipinski definition) is 4. The van der Waals surface area contributed by atoms with Crippen LogP contribution < -0.4 is 10.1 Å². The molecular weight excluding hydrogens is 352 g/mol. The molecule has 140 valence electrons. The minimum Gasteiger partial charge on any atom is -0.494 e. The first-order chi connectivity index (χ1) is 12.3. The molecule has 0 aliphatic carbocycles. The number of rotatable bonds is 8. The van der Waals surface area contributed by atoms with Gasteiger partial charge in [-0.1, -0.05) is 30.3 Å². The lowest BCUT2D eigenvalue weighted by atomic mass is 10.2. The third-order valence-electron chi connectivity index (χ3n) is 3.85. The summed E-state index contributed by atoms with van der Waals surface area (Å²) in [6, 6.07) is 14.1. The van der Waals surface area contributed by atoms with Crippen LogP contribution in [0.5, 0.6) is 5.75 Å². The molecule has 0 saturated carbocycles. The average Bonchev–Trinajstić information content (AvgIpc) is 2.62. The molecule has 7 heteroatoms. The van der Waals surface area contributed by atoms with Gasteiger partial charge in [-0.25, -0.2) is 8.42 Å². The van der Waals surface area contributed by atoms with Crippen LogP contribution in [0.4, 0.5) is 0 Å². The maximum atomic E-state index is 12.7. The molecular formula is C19H24N2O4S. The zero-order chi connectivity index (χ0) is 19.2. The molecule has 26 heavy (non-hydrogen) atoms. The van der Waals surface area contributed by atoms with Gasteiger partial charge >= 0.3 is 0 Å². The van der Waals surface area contributed by atoms with Gasteiger partial charge < -0.3 is 10.1 Å². The highest BCUT2D eigenvalue weighted by Crippen LogP contribution is 2.23. The van der Waals surface area contributed by atoms with Gasteiger partial charge in [0.25, 0.3) is 0 Å². The maximum absolute atomic E-state index is 12.7. The first-order valence-electron chi connectivity index (χ1n) is 8.35. The Morgan fingerprint density at radius 3 is 2.46 bits per heavy atom. The second kappa shape index (κ2) is 8.82. The Kier molecular flexibility index (Phi) is 6.76. The Bertz CT molecular complexity index is 851. The number of nitrogens with zero attached hydrogens (tertiary/aromatic N) is 1. The number of carbonyl (C=O) groups is 1. The highest BCUT2D eigenvalue weighted by Gasteiger charge is 2.23. The number of likely N-dealkylation sites (N-methyl/N-ethyl adjacent to an activating group) is 1. The molecule has 0 atom stereocenters. The average molecular weight is 376 g/mol. The molecule has 0 aromatic heterocycles. The Labute approximate surface area is 154 Å². The molecule has 1 N–H and O–H groups in total. The number of aryl methyl sites for hydroxylation is 1. The van der Waals surface area contributed by atoms with Crippen molar-refractivity contribution in [2.75, 3.05) is 20.2 Å². The minimum absolute atomic E-state index is 0.136. The van der Waals surface area contributed by atoms with Crippen molar-refractivity contribution in [2.24, 2.45) is 0 Å². The van der Waals surface area contributed by atoms with Crippen LogP contribution in [0.15, 0.2) is 53.4 Å². The van der Waals surface area contributed by atoms with E-state index >= 15 is 0 Å². The van der Waals surface area contributed by atoms with Gasteiger partial charge in [-0.2, -0.15) is 4.31 Å². The monoisotopic (exact) mass is 376 g/mol. The molecule has 2 aromatic rings. The molecule has 6 nitrogen and oxygen atoms in total. The van der Waals surface area contributed by atoms with Gasteiger partial charge in [-0.3, -0.25) is 4.79 Å². The predicted octanol–water partition coefficient (Wildman–Crippen LogP) is 2.33. The number of nitrogens with one attached hydrogen (secondary N) is 1. The van der Waals surface area contributed by atoms with Crippen molar-refractivity contribution in [3.63, 3.8) is 0 Å². The minimum atomic E-state index is -3.75. The summed E-state index contributed by atoms with van der Waals surface area (Å²) < 4.78 is 31.8. The summed E-state index contributed by atoms with van der Waals surface area (Å²) in [4.78, 5) is 12.2. The van der Waals surface area contributed by atoms with Crippen molar-refractivity contribution in [1.82, 2.24) is 9.62 Å². The van der Waals surface area contributed by atoms with Crippen LogP contribution in [-0.2, 0) is 21.4 Å². The summed E-state index contributed by atoms with van der Waals surface area (Å²) in [5.41, 5.74) is 1.68. The smallest absolute Gasteiger partial charge is 0.243 e. The summed E-state index contributed by atoms with van der Waals surface area (Å²) >= 11 is 0. The summed E-state index contributed by atoms with van der Waals surface area (Å²) in [6.45, 7) is 4.27. The fraction of sp³-hybridized carbons (Fsp3) is 0.316. The third kappa shape index (κ3) is 5.06. The van der Waals surface area contributed by atoms with Gasteiger partial charge in [0.1, 0.15) is 5.75 Å². The van der Waals surface area contributed by atoms with Gasteiger partial charge in [-0.15, -0.1) is 0 Å². The van der Waals surface area contributed by atoms with Crippen LogP contribution in [0.25, 0.3) is 0 Å². The van der Waals surface area contributed by atoms with Crippen LogP contribution in [0.1, 0.15) is 18.1 Å². The van der Waals surface area contributed by atoms with Crippen molar-refractivity contribution < 1.29 is 17.9 Å². The fourth-order valence-electron chi connectivity index (χ4n) is 2.42. The Morgan fingerprint density at radius 1 is 1.15 bits per heavy atom. The van der Waals surface area contributed by atoms with E-state index in [2.05, 4.69) is 5.32 Å². The number of carbonyl (C=O) groups excluding carboxylic acids is 1. The first-order valence-corrected chi connectivity index (χ1v) is 9.79. The van der Waals surface area contributed by atoms with Crippen LogP contribution in [-0.4, -0.2) is 38.8 Å². The molecule has 0 heterocycles. The number of ether oxygens (including phenoxy) is 1. The zero-order valence-corrected chi connectivity index (χ0v) is 16.0. The molecule has 1 amide bonds. The Hall–Kier alpha value is -2.38. The predicted molar refractivity (Wildman–Crippen MR) is 100 cm³/mol. The van der Waals surface area contributed by atoms with Gasteiger partial charge in [-0.05, 0) is 43.2 Å². The lowest BCUT2D eigenvalue weighted by molar-refractivity contribution is -0.121. The molecule has 2 rings (SSSR count). The second-order valence-electron chi connectivity index (χ2n) is 5.88. The van der Waals surface area contributed by atoms with Crippen LogP contribution in [0.3, 0.4) is 0 Å². The second-order valence-corrected chi connectivity index (χ2v) is 7.93. The van der Waals surface area contributed by atoms with Gasteiger partial charge in [0.2, 0.25) is 15.9 Å². The first kappa shape index (κ1) is 19.9. The summed E-state index contributed by atoms with van der Waals surface area (Å²) in [7, 11) is -2.36. The van der Waals surface area contributed by atoms with Gasteiger partial charge in [0, 0.05) is 13.6 Å². The van der Waals surface area contributed by atoms with E-state index in [0.717, 1.165) is 15.4 Å². The van der Waals surface area contributed by atoms with E-state index < -0.39 is 10.0 Å². The molecule has 2 aromatic carbocycles. The fourth-order valence-corrected chi connectivity index (χ4v) is 3.63. The number of sulfonamides is 1. The van der Waals surface area contributed by atoms with E-state index in [9.17, 15) is 13.2 Å². The molecule has 0 spiro atoms. The van der Waals surface area contributed by atoms with Crippen LogP contribution >= 0.6 is 0 Å². The van der Waals surface area contributed by atoms with Crippen molar-refractivity contribution in [3.8, 4) is 5.75 Å². The molecule has 0 radical (unpaired) electrons. The van der Waals surface area contributed by atoms with Gasteiger partial charge in [0.05, 0.1) is 18.0 Å². The molecule has 0 saturated heterocycles. The summed E-state index contributed by atoms with van der Waals surface area (Å²) in [6.07, 6.45) is 0. The summed E-state index contributed by atoms with van der Waals surface area (Å²) in [5.74, 6) is 0.289. The maximum Gasteiger partial charge on any atom is 0.243 e. The SMILES string of the molecule is CCOc1ccc(S(=O)(=O)N(C)CC(=O)NCc2ccccc2)cc1C. The van der Waals surface area contributed by atoms with Crippen LogP contribution in [0.2, 0.25) is 0 Å². The summed E-state index contributed by atoms with van der Waals surface area (Å²) in [5, 5.41) is 2.73. The molecule has 0 bridgehead atoms. The van der Waals surface area contributed by atoms with Crippen molar-refractivity contribution in [1.29, 1.82) is 0 Å². The quantitative estimate of drug-likeness (QED) is 0.767. The molecule has 0 unspecified atom stereocenters. The van der Waals surface area contributed by atoms with E-state index in [4.69, 9.17) is 4.74 Å². The van der Waals surface area contributed by atoms with Crippen LogP contribution in [0, 0.1) is 6.92 Å². The van der Waals surface area contributed by atoms with E-state index in [1.54, 1.807) is 19.1 Å². The van der Waals surface area contributed by atoms with Gasteiger partial charge in [0.15, 0.2) is 0 Å². The zero-order valence-electron chi connectivity index (χ0n) is 15.2. The van der Waals surface area contributed by atoms with E-state index in [1.807, 2.05) is 37.3 Å². The van der Waals surface area contributed by atoms with Crippen molar-refractivity contribution >= 4 is 15.9 Å².